The van der Waals surface area contributed by atoms with E-state index in [0.717, 1.165) is 5.92 Å². The molecule has 0 spiro atoms. The van der Waals surface area contributed by atoms with Gasteiger partial charge in [0.15, 0.2) is 0 Å². The Morgan fingerprint density at radius 2 is 1.90 bits per heavy atom. The minimum absolute atomic E-state index is 0.395. The van der Waals surface area contributed by atoms with Crippen LogP contribution in [0.5, 0.6) is 0 Å². The van der Waals surface area contributed by atoms with Gasteiger partial charge in [-0.1, -0.05) is 13.8 Å². The zero-order valence-electron chi connectivity index (χ0n) is 7.06. The standard InChI is InChI=1S/C9H18S/c1-3-9(10)6-4-8(2)5-7-9/h8,10H,3-7H2,1-2H3. The van der Waals surface area contributed by atoms with Gasteiger partial charge in [-0.15, -0.1) is 0 Å². The molecule has 1 rings (SSSR count). The van der Waals surface area contributed by atoms with Crippen molar-refractivity contribution in [3.63, 3.8) is 0 Å². The van der Waals surface area contributed by atoms with E-state index in [4.69, 9.17) is 12.6 Å². The lowest BCUT2D eigenvalue weighted by Crippen LogP contribution is -2.26. The van der Waals surface area contributed by atoms with Crippen molar-refractivity contribution < 1.29 is 0 Å². The smallest absolute Gasteiger partial charge is 0.0127 e. The molecule has 1 heteroatoms. The number of hydrogen-bond donors (Lipinski definition) is 1. The van der Waals surface area contributed by atoms with E-state index < -0.39 is 0 Å². The minimum atomic E-state index is 0.395. The fourth-order valence-electron chi connectivity index (χ4n) is 1.65. The van der Waals surface area contributed by atoms with Crippen LogP contribution in [0.3, 0.4) is 0 Å². The predicted octanol–water partition coefficient (Wildman–Crippen LogP) is 3.28. The number of rotatable bonds is 1. The summed E-state index contributed by atoms with van der Waals surface area (Å²) in [4.78, 5) is 0. The molecule has 0 aromatic heterocycles. The molecule has 60 valence electrons. The van der Waals surface area contributed by atoms with E-state index in [9.17, 15) is 0 Å². The first kappa shape index (κ1) is 8.45. The molecule has 0 saturated heterocycles. The first-order valence-electron chi connectivity index (χ1n) is 4.39. The van der Waals surface area contributed by atoms with Gasteiger partial charge in [0.2, 0.25) is 0 Å². The molecule has 0 aromatic rings. The highest BCUT2D eigenvalue weighted by Crippen LogP contribution is 2.38. The van der Waals surface area contributed by atoms with Gasteiger partial charge in [0.25, 0.3) is 0 Å². The van der Waals surface area contributed by atoms with Crippen molar-refractivity contribution in [1.82, 2.24) is 0 Å². The zero-order chi connectivity index (χ0) is 7.61. The van der Waals surface area contributed by atoms with E-state index in [1.165, 1.54) is 32.1 Å². The van der Waals surface area contributed by atoms with E-state index in [-0.39, 0.29) is 0 Å². The van der Waals surface area contributed by atoms with Crippen LogP contribution in [0, 0.1) is 5.92 Å². The molecule has 0 bridgehead atoms. The van der Waals surface area contributed by atoms with Gasteiger partial charge in [-0.2, -0.15) is 12.6 Å². The van der Waals surface area contributed by atoms with Crippen molar-refractivity contribution in [2.24, 2.45) is 5.92 Å². The lowest BCUT2D eigenvalue weighted by molar-refractivity contribution is 0.315. The van der Waals surface area contributed by atoms with Crippen LogP contribution in [0.4, 0.5) is 0 Å². The molecule has 1 fully saturated rings. The van der Waals surface area contributed by atoms with Gasteiger partial charge in [0.1, 0.15) is 0 Å². The van der Waals surface area contributed by atoms with Crippen LogP contribution in [0.15, 0.2) is 0 Å². The average molecular weight is 158 g/mol. The van der Waals surface area contributed by atoms with Crippen molar-refractivity contribution in [1.29, 1.82) is 0 Å². The Labute approximate surface area is 69.8 Å². The maximum Gasteiger partial charge on any atom is 0.0127 e. The normalized spacial score (nSPS) is 41.7. The Morgan fingerprint density at radius 1 is 1.40 bits per heavy atom. The summed E-state index contributed by atoms with van der Waals surface area (Å²) in [5, 5.41) is 0. The third kappa shape index (κ3) is 1.91. The Morgan fingerprint density at radius 3 is 2.30 bits per heavy atom. The second kappa shape index (κ2) is 3.17. The summed E-state index contributed by atoms with van der Waals surface area (Å²) in [7, 11) is 0. The Kier molecular flexibility index (Phi) is 2.67. The summed E-state index contributed by atoms with van der Waals surface area (Å²) in [5.41, 5.74) is 0. The molecule has 0 aromatic carbocycles. The Hall–Kier alpha value is 0.350. The van der Waals surface area contributed by atoms with Gasteiger partial charge in [-0.05, 0) is 38.0 Å². The molecule has 0 N–H and O–H groups in total. The molecule has 0 radical (unpaired) electrons. The largest absolute Gasteiger partial charge is 0.173 e. The minimum Gasteiger partial charge on any atom is -0.173 e. The van der Waals surface area contributed by atoms with Crippen LogP contribution in [0.1, 0.15) is 46.0 Å². The van der Waals surface area contributed by atoms with Crippen LogP contribution in [-0.2, 0) is 0 Å². The highest BCUT2D eigenvalue weighted by Gasteiger charge is 2.28. The van der Waals surface area contributed by atoms with Crippen LogP contribution in [-0.4, -0.2) is 4.75 Å². The average Bonchev–Trinajstić information content (AvgIpc) is 1.96. The Balaban J connectivity index is 2.38. The molecular formula is C9H18S. The highest BCUT2D eigenvalue weighted by atomic mass is 32.1. The van der Waals surface area contributed by atoms with Crippen LogP contribution < -0.4 is 0 Å². The van der Waals surface area contributed by atoms with Gasteiger partial charge in [-0.3, -0.25) is 0 Å². The third-order valence-electron chi connectivity index (χ3n) is 2.86. The molecule has 0 heterocycles. The van der Waals surface area contributed by atoms with E-state index >= 15 is 0 Å². The lowest BCUT2D eigenvalue weighted by Gasteiger charge is -2.34. The zero-order valence-corrected chi connectivity index (χ0v) is 7.95. The summed E-state index contributed by atoms with van der Waals surface area (Å²) in [6.07, 6.45) is 6.67. The summed E-state index contributed by atoms with van der Waals surface area (Å²) in [6.45, 7) is 4.60. The SMILES string of the molecule is CCC1(S)CCC(C)CC1. The van der Waals surface area contributed by atoms with Crippen molar-refractivity contribution in [3.8, 4) is 0 Å². The molecule has 0 unspecified atom stereocenters. The number of thiol groups is 1. The van der Waals surface area contributed by atoms with Gasteiger partial charge in [-0.25, -0.2) is 0 Å². The summed E-state index contributed by atoms with van der Waals surface area (Å²) in [5.74, 6) is 0.951. The van der Waals surface area contributed by atoms with Crippen molar-refractivity contribution >= 4 is 12.6 Å². The first-order valence-corrected chi connectivity index (χ1v) is 4.83. The van der Waals surface area contributed by atoms with E-state index in [1.807, 2.05) is 0 Å². The van der Waals surface area contributed by atoms with Crippen molar-refractivity contribution in [2.75, 3.05) is 0 Å². The maximum absolute atomic E-state index is 4.69. The summed E-state index contributed by atoms with van der Waals surface area (Å²) in [6, 6.07) is 0. The van der Waals surface area contributed by atoms with E-state index in [2.05, 4.69) is 13.8 Å². The number of hydrogen-bond acceptors (Lipinski definition) is 1. The second-order valence-corrected chi connectivity index (χ2v) is 4.71. The monoisotopic (exact) mass is 158 g/mol. The van der Waals surface area contributed by atoms with Gasteiger partial charge in [0.05, 0.1) is 0 Å². The van der Waals surface area contributed by atoms with Gasteiger partial charge >= 0.3 is 0 Å². The topological polar surface area (TPSA) is 0 Å². The lowest BCUT2D eigenvalue weighted by atomic mass is 9.81. The maximum atomic E-state index is 4.69. The van der Waals surface area contributed by atoms with E-state index in [0.29, 0.717) is 4.75 Å². The van der Waals surface area contributed by atoms with Gasteiger partial charge < -0.3 is 0 Å². The molecule has 0 nitrogen and oxygen atoms in total. The van der Waals surface area contributed by atoms with Crippen LogP contribution in [0.2, 0.25) is 0 Å². The molecule has 1 aliphatic rings. The second-order valence-electron chi connectivity index (χ2n) is 3.76. The quantitative estimate of drug-likeness (QED) is 0.556. The van der Waals surface area contributed by atoms with Crippen LogP contribution in [0.25, 0.3) is 0 Å². The van der Waals surface area contributed by atoms with E-state index in [1.54, 1.807) is 0 Å². The molecule has 0 amide bonds. The molecule has 0 aliphatic heterocycles. The third-order valence-corrected chi connectivity index (χ3v) is 3.63. The molecular weight excluding hydrogens is 140 g/mol. The van der Waals surface area contributed by atoms with Crippen molar-refractivity contribution in [2.45, 2.75) is 50.7 Å². The highest BCUT2D eigenvalue weighted by molar-refractivity contribution is 7.81. The fraction of sp³-hybridized carbons (Fsp3) is 1.00. The predicted molar refractivity (Wildman–Crippen MR) is 49.6 cm³/mol. The molecule has 1 saturated carbocycles. The van der Waals surface area contributed by atoms with Gasteiger partial charge in [0, 0.05) is 4.75 Å². The molecule has 1 aliphatic carbocycles. The first-order chi connectivity index (χ1) is 4.66. The summed E-state index contributed by atoms with van der Waals surface area (Å²) >= 11 is 4.69. The fourth-order valence-corrected chi connectivity index (χ4v) is 1.91. The van der Waals surface area contributed by atoms with Crippen molar-refractivity contribution in [3.05, 3.63) is 0 Å². The summed E-state index contributed by atoms with van der Waals surface area (Å²) < 4.78 is 0.395. The molecule has 0 atom stereocenters. The Bertz CT molecular complexity index is 101. The van der Waals surface area contributed by atoms with Crippen LogP contribution >= 0.6 is 12.6 Å². The molecule has 10 heavy (non-hydrogen) atoms.